The molecule has 0 radical (unpaired) electrons. The quantitative estimate of drug-likeness (QED) is 0.735. The molecule has 1 fully saturated rings. The van der Waals surface area contributed by atoms with Crippen LogP contribution in [0.15, 0.2) is 18.2 Å². The van der Waals surface area contributed by atoms with E-state index in [2.05, 4.69) is 6.92 Å². The van der Waals surface area contributed by atoms with Crippen LogP contribution in [-0.4, -0.2) is 18.0 Å². The van der Waals surface area contributed by atoms with Gasteiger partial charge in [0.1, 0.15) is 5.82 Å². The van der Waals surface area contributed by atoms with Crippen LogP contribution in [-0.2, 0) is 12.7 Å². The predicted molar refractivity (Wildman–Crippen MR) is 65.1 cm³/mol. The van der Waals surface area contributed by atoms with Crippen LogP contribution in [0, 0.1) is 11.7 Å². The Morgan fingerprint density at radius 1 is 1.21 bits per heavy atom. The third-order valence-corrected chi connectivity index (χ3v) is 3.64. The summed E-state index contributed by atoms with van der Waals surface area (Å²) in [5, 5.41) is 0. The monoisotopic (exact) mass is 275 g/mol. The lowest BCUT2D eigenvalue weighted by Gasteiger charge is -2.30. The topological polar surface area (TPSA) is 3.24 Å². The third kappa shape index (κ3) is 3.69. The Labute approximate surface area is 110 Å². The van der Waals surface area contributed by atoms with Crippen molar-refractivity contribution in [1.82, 2.24) is 4.90 Å². The van der Waals surface area contributed by atoms with Crippen molar-refractivity contribution in [1.29, 1.82) is 0 Å². The van der Waals surface area contributed by atoms with Crippen LogP contribution >= 0.6 is 0 Å². The molecular weight excluding hydrogens is 258 g/mol. The van der Waals surface area contributed by atoms with Crippen molar-refractivity contribution in [2.75, 3.05) is 13.1 Å². The van der Waals surface area contributed by atoms with Crippen molar-refractivity contribution in [2.45, 2.75) is 32.5 Å². The minimum Gasteiger partial charge on any atom is -0.299 e. The summed E-state index contributed by atoms with van der Waals surface area (Å²) in [6, 6.07) is 2.62. The van der Waals surface area contributed by atoms with Gasteiger partial charge in [-0.15, -0.1) is 0 Å². The molecule has 0 unspecified atom stereocenters. The van der Waals surface area contributed by atoms with Crippen LogP contribution in [0.4, 0.5) is 17.6 Å². The lowest BCUT2D eigenvalue weighted by Crippen LogP contribution is -2.32. The summed E-state index contributed by atoms with van der Waals surface area (Å²) in [7, 11) is 0. The van der Waals surface area contributed by atoms with Gasteiger partial charge in [-0.05, 0) is 50.0 Å². The average Bonchev–Trinajstić information content (AvgIpc) is 2.33. The molecule has 0 spiro atoms. The molecule has 106 valence electrons. The van der Waals surface area contributed by atoms with Gasteiger partial charge in [0.05, 0.1) is 5.56 Å². The van der Waals surface area contributed by atoms with E-state index in [4.69, 9.17) is 0 Å². The van der Waals surface area contributed by atoms with Gasteiger partial charge in [0.25, 0.3) is 0 Å². The fraction of sp³-hybridized carbons (Fsp3) is 0.571. The Morgan fingerprint density at radius 2 is 1.84 bits per heavy atom. The van der Waals surface area contributed by atoms with E-state index in [1.165, 1.54) is 0 Å². The smallest absolute Gasteiger partial charge is 0.299 e. The third-order valence-electron chi connectivity index (χ3n) is 3.64. The lowest BCUT2D eigenvalue weighted by molar-refractivity contribution is -0.137. The fourth-order valence-corrected chi connectivity index (χ4v) is 2.33. The van der Waals surface area contributed by atoms with Crippen LogP contribution in [0.25, 0.3) is 0 Å². The first kappa shape index (κ1) is 14.3. The molecule has 1 saturated heterocycles. The van der Waals surface area contributed by atoms with Crippen molar-refractivity contribution >= 4 is 0 Å². The van der Waals surface area contributed by atoms with Crippen molar-refractivity contribution in [3.05, 3.63) is 35.1 Å². The number of hydrogen-bond acceptors (Lipinski definition) is 1. The van der Waals surface area contributed by atoms with Crippen LogP contribution < -0.4 is 0 Å². The van der Waals surface area contributed by atoms with E-state index < -0.39 is 17.6 Å². The van der Waals surface area contributed by atoms with Gasteiger partial charge in [-0.2, -0.15) is 13.2 Å². The van der Waals surface area contributed by atoms with E-state index >= 15 is 0 Å². The number of benzene rings is 1. The van der Waals surface area contributed by atoms with Crippen LogP contribution in [0.2, 0.25) is 0 Å². The zero-order valence-corrected chi connectivity index (χ0v) is 10.8. The van der Waals surface area contributed by atoms with Gasteiger partial charge in [0.15, 0.2) is 0 Å². The Balaban J connectivity index is 2.11. The molecule has 0 saturated carbocycles. The maximum atomic E-state index is 13.6. The molecule has 1 aliphatic rings. The van der Waals surface area contributed by atoms with Gasteiger partial charge in [-0.1, -0.05) is 6.92 Å². The van der Waals surface area contributed by atoms with E-state index in [1.807, 2.05) is 4.90 Å². The summed E-state index contributed by atoms with van der Waals surface area (Å²) in [5.74, 6) is 0.0780. The molecule has 0 bridgehead atoms. The number of rotatable bonds is 2. The molecule has 0 amide bonds. The first-order valence-electron chi connectivity index (χ1n) is 6.44. The Kier molecular flexibility index (Phi) is 4.13. The van der Waals surface area contributed by atoms with E-state index in [-0.39, 0.29) is 12.1 Å². The number of alkyl halides is 3. The Bertz CT molecular complexity index is 434. The molecule has 1 aromatic carbocycles. The highest BCUT2D eigenvalue weighted by Gasteiger charge is 2.31. The zero-order valence-electron chi connectivity index (χ0n) is 10.8. The van der Waals surface area contributed by atoms with Crippen molar-refractivity contribution in [2.24, 2.45) is 5.92 Å². The molecule has 1 aliphatic heterocycles. The van der Waals surface area contributed by atoms with Crippen LogP contribution in [0.5, 0.6) is 0 Å². The number of halogens is 4. The van der Waals surface area contributed by atoms with E-state index in [0.29, 0.717) is 5.92 Å². The fourth-order valence-electron chi connectivity index (χ4n) is 2.33. The predicted octanol–water partition coefficient (Wildman–Crippen LogP) is 4.08. The molecule has 1 nitrogen and oxygen atoms in total. The molecule has 0 aliphatic carbocycles. The highest BCUT2D eigenvalue weighted by Crippen LogP contribution is 2.31. The van der Waals surface area contributed by atoms with Crippen molar-refractivity contribution in [3.63, 3.8) is 0 Å². The zero-order chi connectivity index (χ0) is 14.0. The molecule has 5 heteroatoms. The summed E-state index contributed by atoms with van der Waals surface area (Å²) in [4.78, 5) is 2.01. The highest BCUT2D eigenvalue weighted by atomic mass is 19.4. The summed E-state index contributed by atoms with van der Waals surface area (Å²) in [6.45, 7) is 4.04. The van der Waals surface area contributed by atoms with E-state index in [1.54, 1.807) is 0 Å². The van der Waals surface area contributed by atoms with E-state index in [9.17, 15) is 17.6 Å². The molecule has 1 aromatic rings. The first-order chi connectivity index (χ1) is 8.86. The average molecular weight is 275 g/mol. The normalized spacial score (nSPS) is 18.8. The molecule has 0 atom stereocenters. The molecule has 0 N–H and O–H groups in total. The number of nitrogens with zero attached hydrogens (tertiary/aromatic N) is 1. The number of piperidine rings is 1. The second kappa shape index (κ2) is 5.49. The minimum atomic E-state index is -4.42. The maximum absolute atomic E-state index is 13.6. The lowest BCUT2D eigenvalue weighted by atomic mass is 9.98. The van der Waals surface area contributed by atoms with Gasteiger partial charge in [-0.25, -0.2) is 4.39 Å². The van der Waals surface area contributed by atoms with Crippen LogP contribution in [0.1, 0.15) is 30.9 Å². The summed E-state index contributed by atoms with van der Waals surface area (Å²) >= 11 is 0. The molecule has 19 heavy (non-hydrogen) atoms. The standard InChI is InChI=1S/C14H17F4N/c1-10-4-6-19(7-5-10)9-11-8-12(14(16,17)18)2-3-13(11)15/h2-3,8,10H,4-7,9H2,1H3. The van der Waals surface area contributed by atoms with Gasteiger partial charge < -0.3 is 0 Å². The first-order valence-corrected chi connectivity index (χ1v) is 6.44. The largest absolute Gasteiger partial charge is 0.416 e. The summed E-state index contributed by atoms with van der Waals surface area (Å²) in [5.41, 5.74) is -0.654. The molecular formula is C14H17F4N. The summed E-state index contributed by atoms with van der Waals surface area (Å²) in [6.07, 6.45) is -2.39. The van der Waals surface area contributed by atoms with Crippen molar-refractivity contribution in [3.8, 4) is 0 Å². The Hall–Kier alpha value is -1.10. The molecule has 2 rings (SSSR count). The van der Waals surface area contributed by atoms with Crippen molar-refractivity contribution < 1.29 is 17.6 Å². The van der Waals surface area contributed by atoms with Gasteiger partial charge in [0.2, 0.25) is 0 Å². The number of hydrogen-bond donors (Lipinski definition) is 0. The van der Waals surface area contributed by atoms with E-state index in [0.717, 1.165) is 44.1 Å². The maximum Gasteiger partial charge on any atom is 0.416 e. The Morgan fingerprint density at radius 3 is 2.42 bits per heavy atom. The molecule has 0 aromatic heterocycles. The van der Waals surface area contributed by atoms with Gasteiger partial charge in [-0.3, -0.25) is 4.90 Å². The van der Waals surface area contributed by atoms with Crippen LogP contribution in [0.3, 0.4) is 0 Å². The summed E-state index contributed by atoms with van der Waals surface area (Å²) < 4.78 is 51.4. The number of likely N-dealkylation sites (tertiary alicyclic amines) is 1. The second-order valence-corrected chi connectivity index (χ2v) is 5.26. The SMILES string of the molecule is CC1CCN(Cc2cc(C(F)(F)F)ccc2F)CC1. The highest BCUT2D eigenvalue weighted by molar-refractivity contribution is 5.27. The van der Waals surface area contributed by atoms with Gasteiger partial charge in [0, 0.05) is 12.1 Å². The molecule has 1 heterocycles. The second-order valence-electron chi connectivity index (χ2n) is 5.26. The minimum absolute atomic E-state index is 0.129. The van der Waals surface area contributed by atoms with Gasteiger partial charge >= 0.3 is 6.18 Å².